The minimum Gasteiger partial charge on any atom is -0.330 e. The Morgan fingerprint density at radius 2 is 1.92 bits per heavy atom. The summed E-state index contributed by atoms with van der Waals surface area (Å²) >= 11 is 0. The maximum atomic E-state index is 5.92. The molecule has 0 fully saturated rings. The Morgan fingerprint density at radius 3 is 2.62 bits per heavy atom. The molecule has 0 aliphatic rings. The Hall–Kier alpha value is -3.18. The number of aromatic nitrogens is 4. The number of imidazole rings is 1. The van der Waals surface area contributed by atoms with Crippen LogP contribution in [-0.2, 0) is 0 Å². The topological polar surface area (TPSA) is 72.5 Å². The van der Waals surface area contributed by atoms with Gasteiger partial charge in [-0.3, -0.25) is 5.10 Å². The van der Waals surface area contributed by atoms with Crippen LogP contribution in [0.5, 0.6) is 0 Å². The van der Waals surface area contributed by atoms with E-state index in [4.69, 9.17) is 5.73 Å². The van der Waals surface area contributed by atoms with Crippen LogP contribution in [0.3, 0.4) is 0 Å². The number of nitrogens with one attached hydrogen (secondary N) is 1. The average molecular weight is 343 g/mol. The van der Waals surface area contributed by atoms with Gasteiger partial charge in [-0.15, -0.1) is 0 Å². The maximum Gasteiger partial charge on any atom is 0.0991 e. The highest BCUT2D eigenvalue weighted by Crippen LogP contribution is 2.30. The van der Waals surface area contributed by atoms with Gasteiger partial charge in [0.25, 0.3) is 0 Å². The molecule has 4 aromatic rings. The van der Waals surface area contributed by atoms with Gasteiger partial charge in [-0.25, -0.2) is 4.98 Å². The predicted octanol–water partition coefficient (Wildman–Crippen LogP) is 3.74. The summed E-state index contributed by atoms with van der Waals surface area (Å²) in [5, 5.41) is 6.88. The molecule has 0 aliphatic heterocycles. The lowest BCUT2D eigenvalue weighted by Gasteiger charge is -2.19. The highest BCUT2D eigenvalue weighted by Gasteiger charge is 2.14. The summed E-state index contributed by atoms with van der Waals surface area (Å²) in [5.41, 5.74) is 11.8. The van der Waals surface area contributed by atoms with Gasteiger partial charge in [0.1, 0.15) is 0 Å². The molecule has 3 N–H and O–H groups in total. The molecule has 0 amide bonds. The third-order valence-electron chi connectivity index (χ3n) is 4.68. The zero-order valence-corrected chi connectivity index (χ0v) is 14.4. The maximum absolute atomic E-state index is 5.92. The Bertz CT molecular complexity index is 941. The van der Waals surface area contributed by atoms with Crippen LogP contribution < -0.4 is 5.73 Å². The largest absolute Gasteiger partial charge is 0.330 e. The zero-order valence-electron chi connectivity index (χ0n) is 14.4. The molecule has 26 heavy (non-hydrogen) atoms. The Morgan fingerprint density at radius 1 is 1.04 bits per heavy atom. The van der Waals surface area contributed by atoms with E-state index in [1.54, 1.807) is 6.20 Å². The van der Waals surface area contributed by atoms with Gasteiger partial charge in [0.15, 0.2) is 0 Å². The number of rotatable bonds is 6. The monoisotopic (exact) mass is 343 g/mol. The zero-order chi connectivity index (χ0) is 17.8. The molecule has 5 nitrogen and oxygen atoms in total. The molecule has 0 bridgehead atoms. The van der Waals surface area contributed by atoms with Crippen LogP contribution >= 0.6 is 0 Å². The summed E-state index contributed by atoms with van der Waals surface area (Å²) in [6.45, 7) is 0.642. The fourth-order valence-corrected chi connectivity index (χ4v) is 3.32. The van der Waals surface area contributed by atoms with Crippen molar-refractivity contribution in [3.05, 3.63) is 90.8 Å². The first-order valence-electron chi connectivity index (χ1n) is 8.72. The molecule has 5 heteroatoms. The van der Waals surface area contributed by atoms with Gasteiger partial charge in [0.2, 0.25) is 0 Å². The van der Waals surface area contributed by atoms with E-state index in [-0.39, 0.29) is 5.92 Å². The molecular weight excluding hydrogens is 322 g/mol. The lowest BCUT2D eigenvalue weighted by Crippen LogP contribution is -2.09. The van der Waals surface area contributed by atoms with E-state index in [0.717, 1.165) is 23.2 Å². The van der Waals surface area contributed by atoms with Crippen molar-refractivity contribution in [2.75, 3.05) is 6.54 Å². The summed E-state index contributed by atoms with van der Waals surface area (Å²) in [6.07, 6.45) is 10.2. The van der Waals surface area contributed by atoms with Crippen LogP contribution in [-0.4, -0.2) is 26.3 Å². The lowest BCUT2D eigenvalue weighted by atomic mass is 9.87. The second-order valence-electron chi connectivity index (χ2n) is 6.30. The number of aromatic amines is 1. The van der Waals surface area contributed by atoms with Crippen LogP contribution in [0.25, 0.3) is 16.8 Å². The van der Waals surface area contributed by atoms with Gasteiger partial charge in [-0.2, -0.15) is 5.10 Å². The van der Waals surface area contributed by atoms with E-state index in [0.29, 0.717) is 6.54 Å². The molecule has 0 radical (unpaired) electrons. The first kappa shape index (κ1) is 16.3. The van der Waals surface area contributed by atoms with Crippen molar-refractivity contribution in [2.45, 2.75) is 12.3 Å². The van der Waals surface area contributed by atoms with Gasteiger partial charge in [-0.1, -0.05) is 36.4 Å². The minimum absolute atomic E-state index is 0.266. The fourth-order valence-electron chi connectivity index (χ4n) is 3.32. The van der Waals surface area contributed by atoms with Crippen molar-refractivity contribution < 1.29 is 0 Å². The van der Waals surface area contributed by atoms with Crippen molar-refractivity contribution in [1.29, 1.82) is 0 Å². The molecular formula is C21H21N5. The van der Waals surface area contributed by atoms with E-state index in [2.05, 4.69) is 63.7 Å². The second-order valence-corrected chi connectivity index (χ2v) is 6.30. The Kier molecular flexibility index (Phi) is 4.62. The molecule has 2 aromatic carbocycles. The van der Waals surface area contributed by atoms with Crippen molar-refractivity contribution >= 4 is 0 Å². The van der Waals surface area contributed by atoms with E-state index >= 15 is 0 Å². The number of nitrogens with zero attached hydrogens (tertiary/aromatic N) is 3. The fraction of sp³-hybridized carbons (Fsp3) is 0.143. The molecule has 0 spiro atoms. The molecule has 0 saturated carbocycles. The molecule has 1 unspecified atom stereocenters. The number of hydrogen-bond acceptors (Lipinski definition) is 3. The molecule has 0 aliphatic carbocycles. The summed E-state index contributed by atoms with van der Waals surface area (Å²) in [5.74, 6) is 0.266. The first-order chi connectivity index (χ1) is 12.8. The quantitative estimate of drug-likeness (QED) is 0.560. The van der Waals surface area contributed by atoms with Crippen LogP contribution in [0, 0.1) is 0 Å². The highest BCUT2D eigenvalue weighted by atomic mass is 15.1. The van der Waals surface area contributed by atoms with Gasteiger partial charge >= 0.3 is 0 Å². The van der Waals surface area contributed by atoms with Crippen LogP contribution in [0.1, 0.15) is 23.5 Å². The summed E-state index contributed by atoms with van der Waals surface area (Å²) in [7, 11) is 0. The summed E-state index contributed by atoms with van der Waals surface area (Å²) in [4.78, 5) is 4.14. The molecule has 130 valence electrons. The first-order valence-corrected chi connectivity index (χ1v) is 8.72. The third kappa shape index (κ3) is 3.30. The van der Waals surface area contributed by atoms with Gasteiger partial charge in [-0.05, 0) is 41.8 Å². The molecule has 2 aromatic heterocycles. The van der Waals surface area contributed by atoms with E-state index in [1.807, 2.05) is 29.5 Å². The van der Waals surface area contributed by atoms with Crippen molar-refractivity contribution in [2.24, 2.45) is 5.73 Å². The third-order valence-corrected chi connectivity index (χ3v) is 4.68. The summed E-state index contributed by atoms with van der Waals surface area (Å²) < 4.78 is 2.02. The molecule has 1 atom stereocenters. The Labute approximate surface area is 152 Å². The lowest BCUT2D eigenvalue weighted by molar-refractivity contribution is 0.725. The van der Waals surface area contributed by atoms with Gasteiger partial charge in [0, 0.05) is 35.8 Å². The standard InChI is InChI=1S/C21H21N5/c22-9-8-21(17-6-4-16(5-7-17)19-13-24-25-14-19)18-2-1-3-20(12-18)26-11-10-23-15-26/h1-7,10-15,21H,8-9,22H2,(H,24,25). The predicted molar refractivity (Wildman–Crippen MR) is 103 cm³/mol. The minimum atomic E-state index is 0.266. The van der Waals surface area contributed by atoms with Crippen LogP contribution in [0.15, 0.2) is 79.6 Å². The number of nitrogens with two attached hydrogens (primary N) is 1. The van der Waals surface area contributed by atoms with E-state index in [9.17, 15) is 0 Å². The number of hydrogen-bond donors (Lipinski definition) is 2. The van der Waals surface area contributed by atoms with Gasteiger partial charge < -0.3 is 10.3 Å². The normalized spacial score (nSPS) is 12.2. The smallest absolute Gasteiger partial charge is 0.0991 e. The van der Waals surface area contributed by atoms with Crippen molar-refractivity contribution in [3.8, 4) is 16.8 Å². The van der Waals surface area contributed by atoms with E-state index < -0.39 is 0 Å². The van der Waals surface area contributed by atoms with Crippen LogP contribution in [0.4, 0.5) is 0 Å². The summed E-state index contributed by atoms with van der Waals surface area (Å²) in [6, 6.07) is 17.2. The number of H-pyrrole nitrogens is 1. The second kappa shape index (κ2) is 7.37. The molecule has 2 heterocycles. The van der Waals surface area contributed by atoms with Crippen molar-refractivity contribution in [3.63, 3.8) is 0 Å². The number of benzene rings is 2. The van der Waals surface area contributed by atoms with Crippen LogP contribution in [0.2, 0.25) is 0 Å². The molecule has 0 saturated heterocycles. The molecule has 4 rings (SSSR count). The average Bonchev–Trinajstić information content (AvgIpc) is 3.40. The van der Waals surface area contributed by atoms with E-state index in [1.165, 1.54) is 11.1 Å². The SMILES string of the molecule is NCCC(c1ccc(-c2cn[nH]c2)cc1)c1cccc(-n2ccnc2)c1. The highest BCUT2D eigenvalue weighted by molar-refractivity contribution is 5.62. The van der Waals surface area contributed by atoms with Crippen molar-refractivity contribution in [1.82, 2.24) is 19.7 Å². The Balaban J connectivity index is 1.66. The van der Waals surface area contributed by atoms with Gasteiger partial charge in [0.05, 0.1) is 12.5 Å².